The number of nitrogens with zero attached hydrogens (tertiary/aromatic N) is 1. The summed E-state index contributed by atoms with van der Waals surface area (Å²) in [5.74, 6) is 0.347. The first-order valence-corrected chi connectivity index (χ1v) is 13.9. The maximum Gasteiger partial charge on any atom is 0.241 e. The van der Waals surface area contributed by atoms with Crippen molar-refractivity contribution in [3.8, 4) is 11.5 Å². The third-order valence-corrected chi connectivity index (χ3v) is 8.27. The van der Waals surface area contributed by atoms with Gasteiger partial charge in [0.05, 0.1) is 19.1 Å². The Morgan fingerprint density at radius 3 is 2.71 bits per heavy atom. The van der Waals surface area contributed by atoms with Crippen molar-refractivity contribution in [1.29, 1.82) is 5.41 Å². The topological polar surface area (TPSA) is 163 Å². The Kier molecular flexibility index (Phi) is 8.42. The number of rotatable bonds is 10. The molecule has 1 fully saturated rings. The predicted octanol–water partition coefficient (Wildman–Crippen LogP) is 1.80. The van der Waals surface area contributed by atoms with Crippen LogP contribution in [-0.2, 0) is 21.2 Å². The number of guanidine groups is 1. The summed E-state index contributed by atoms with van der Waals surface area (Å²) in [4.78, 5) is 18.3. The zero-order valence-corrected chi connectivity index (χ0v) is 22.3. The average molecular weight is 543 g/mol. The largest absolute Gasteiger partial charge is 0.493 e. The van der Waals surface area contributed by atoms with Gasteiger partial charge >= 0.3 is 0 Å². The van der Waals surface area contributed by atoms with Crippen molar-refractivity contribution in [3.63, 3.8) is 0 Å². The van der Waals surface area contributed by atoms with Crippen molar-refractivity contribution in [2.24, 2.45) is 11.7 Å². The van der Waals surface area contributed by atoms with Gasteiger partial charge in [-0.2, -0.15) is 4.72 Å². The molecule has 1 aromatic heterocycles. The molecule has 0 radical (unpaired) electrons. The van der Waals surface area contributed by atoms with Crippen LogP contribution < -0.4 is 25.2 Å². The molecule has 2 heterocycles. The number of carbonyl (C=O) groups excluding carboxylic acids is 1. The van der Waals surface area contributed by atoms with Crippen molar-refractivity contribution in [2.45, 2.75) is 30.2 Å². The minimum atomic E-state index is -4.09. The number of nitrogens with one attached hydrogen (secondary N) is 4. The molecule has 0 saturated carbocycles. The molecule has 1 aliphatic heterocycles. The average Bonchev–Trinajstić information content (AvgIpc) is 3.33. The quantitative estimate of drug-likeness (QED) is 0.193. The molecule has 2 atom stereocenters. The highest BCUT2D eigenvalue weighted by Crippen LogP contribution is 2.29. The number of likely N-dealkylation sites (tertiary alicyclic amines) is 1. The molecule has 3 aromatic rings. The first-order chi connectivity index (χ1) is 18.2. The van der Waals surface area contributed by atoms with Crippen molar-refractivity contribution >= 4 is 32.8 Å². The Morgan fingerprint density at radius 2 is 1.97 bits per heavy atom. The number of benzene rings is 2. The summed E-state index contributed by atoms with van der Waals surface area (Å²) >= 11 is 0. The number of amides is 1. The first kappa shape index (κ1) is 27.3. The van der Waals surface area contributed by atoms with E-state index >= 15 is 0 Å². The summed E-state index contributed by atoms with van der Waals surface area (Å²) in [5, 5.41) is 11.5. The van der Waals surface area contributed by atoms with Crippen LogP contribution in [0.3, 0.4) is 0 Å². The summed E-state index contributed by atoms with van der Waals surface area (Å²) < 4.78 is 39.9. The standard InChI is InChI=1S/C26H34N6O5S/c1-36-23-10-9-19(13-24(23)37-2)38(34,35)31-22(12-18-15-29-21-8-4-3-7-20(18)21)25(33)30-14-17-6-5-11-32(16-17)26(27)28/h3-4,7-10,13,15,17,22,29,31H,5-6,11-12,14,16H2,1-2H3,(H3,27,28)(H,30,33)/t17?,22-/m1/s1. The number of hydrogen-bond donors (Lipinski definition) is 5. The number of hydrogen-bond acceptors (Lipinski definition) is 6. The lowest BCUT2D eigenvalue weighted by atomic mass is 9.98. The lowest BCUT2D eigenvalue weighted by Crippen LogP contribution is -2.51. The van der Waals surface area contributed by atoms with Crippen LogP contribution in [0.25, 0.3) is 10.9 Å². The van der Waals surface area contributed by atoms with Gasteiger partial charge in [0.1, 0.15) is 6.04 Å². The number of piperidine rings is 1. The molecule has 1 unspecified atom stereocenters. The molecule has 0 bridgehead atoms. The normalized spacial score (nSPS) is 16.7. The molecular weight excluding hydrogens is 508 g/mol. The molecule has 0 aliphatic carbocycles. The van der Waals surface area contributed by atoms with E-state index in [4.69, 9.17) is 20.6 Å². The van der Waals surface area contributed by atoms with E-state index in [1.807, 2.05) is 24.3 Å². The number of fused-ring (bicyclic) bond motifs is 1. The van der Waals surface area contributed by atoms with E-state index in [1.165, 1.54) is 32.4 Å². The Hall–Kier alpha value is -3.77. The number of sulfonamides is 1. The molecule has 38 heavy (non-hydrogen) atoms. The van der Waals surface area contributed by atoms with Crippen LogP contribution in [0.4, 0.5) is 0 Å². The minimum Gasteiger partial charge on any atom is -0.493 e. The van der Waals surface area contributed by atoms with E-state index in [0.717, 1.165) is 29.3 Å². The smallest absolute Gasteiger partial charge is 0.241 e. The van der Waals surface area contributed by atoms with E-state index in [0.29, 0.717) is 25.4 Å². The first-order valence-electron chi connectivity index (χ1n) is 12.4. The SMILES string of the molecule is COc1ccc(S(=O)(=O)N[C@H](Cc2c[nH]c3ccccc23)C(=O)NCC2CCCN(C(=N)N)C2)cc1OC. The molecular formula is C26H34N6O5S. The number of para-hydroxylation sites is 1. The van der Waals surface area contributed by atoms with Gasteiger partial charge in [-0.05, 0) is 48.9 Å². The number of methoxy groups -OCH3 is 2. The van der Waals surface area contributed by atoms with Crippen LogP contribution in [0.1, 0.15) is 18.4 Å². The maximum atomic E-state index is 13.4. The maximum absolute atomic E-state index is 13.4. The second kappa shape index (κ2) is 11.7. The minimum absolute atomic E-state index is 0.0147. The number of ether oxygens (including phenoxy) is 2. The summed E-state index contributed by atoms with van der Waals surface area (Å²) in [5.41, 5.74) is 7.36. The lowest BCUT2D eigenvalue weighted by Gasteiger charge is -2.33. The van der Waals surface area contributed by atoms with E-state index in [9.17, 15) is 13.2 Å². The zero-order valence-electron chi connectivity index (χ0n) is 21.5. The van der Waals surface area contributed by atoms with Crippen LogP contribution in [0.15, 0.2) is 53.6 Å². The summed E-state index contributed by atoms with van der Waals surface area (Å²) in [7, 11) is -1.20. The van der Waals surface area contributed by atoms with Crippen LogP contribution in [0, 0.1) is 11.3 Å². The number of H-pyrrole nitrogens is 1. The number of nitrogens with two attached hydrogens (primary N) is 1. The van der Waals surface area contributed by atoms with Crippen LogP contribution >= 0.6 is 0 Å². The second-order valence-corrected chi connectivity index (χ2v) is 11.1. The fourth-order valence-corrected chi connectivity index (χ4v) is 5.98. The molecule has 11 nitrogen and oxygen atoms in total. The Bertz CT molecular complexity index is 1410. The van der Waals surface area contributed by atoms with Gasteiger partial charge in [-0.25, -0.2) is 8.42 Å². The van der Waals surface area contributed by atoms with Crippen molar-refractivity contribution in [2.75, 3.05) is 33.9 Å². The molecule has 1 aliphatic rings. The highest BCUT2D eigenvalue weighted by Gasteiger charge is 2.29. The third-order valence-electron chi connectivity index (χ3n) is 6.80. The van der Waals surface area contributed by atoms with Gasteiger partial charge in [-0.3, -0.25) is 10.2 Å². The van der Waals surface area contributed by atoms with E-state index < -0.39 is 22.0 Å². The van der Waals surface area contributed by atoms with Gasteiger partial charge in [0.2, 0.25) is 15.9 Å². The van der Waals surface area contributed by atoms with Crippen molar-refractivity contribution in [1.82, 2.24) is 19.9 Å². The highest BCUT2D eigenvalue weighted by molar-refractivity contribution is 7.89. The molecule has 4 rings (SSSR count). The van der Waals surface area contributed by atoms with Crippen LogP contribution in [0.2, 0.25) is 0 Å². The lowest BCUT2D eigenvalue weighted by molar-refractivity contribution is -0.122. The molecule has 204 valence electrons. The van der Waals surface area contributed by atoms with Crippen molar-refractivity contribution in [3.05, 3.63) is 54.2 Å². The predicted molar refractivity (Wildman–Crippen MR) is 145 cm³/mol. The number of aromatic nitrogens is 1. The van der Waals surface area contributed by atoms with Gasteiger partial charge < -0.3 is 30.4 Å². The summed E-state index contributed by atoms with van der Waals surface area (Å²) in [6, 6.07) is 10.9. The molecule has 1 saturated heterocycles. The highest BCUT2D eigenvalue weighted by atomic mass is 32.2. The fraction of sp³-hybridized carbons (Fsp3) is 0.385. The Labute approximate surface area is 222 Å². The van der Waals surface area contributed by atoms with Crippen LogP contribution in [-0.4, -0.2) is 70.1 Å². The Morgan fingerprint density at radius 1 is 1.21 bits per heavy atom. The van der Waals surface area contributed by atoms with Crippen molar-refractivity contribution < 1.29 is 22.7 Å². The van der Waals surface area contributed by atoms with Gasteiger partial charge in [0.25, 0.3) is 0 Å². The summed E-state index contributed by atoms with van der Waals surface area (Å²) in [6.07, 6.45) is 3.69. The number of aromatic amines is 1. The second-order valence-electron chi connectivity index (χ2n) is 9.34. The number of carbonyl (C=O) groups is 1. The fourth-order valence-electron chi connectivity index (χ4n) is 4.77. The third kappa shape index (κ3) is 6.20. The van der Waals surface area contributed by atoms with Crippen LogP contribution in [0.5, 0.6) is 11.5 Å². The molecule has 6 N–H and O–H groups in total. The molecule has 2 aromatic carbocycles. The van der Waals surface area contributed by atoms with E-state index in [1.54, 1.807) is 11.1 Å². The van der Waals surface area contributed by atoms with Gasteiger partial charge in [0.15, 0.2) is 17.5 Å². The molecule has 1 amide bonds. The monoisotopic (exact) mass is 542 g/mol. The van der Waals surface area contributed by atoms with Gasteiger partial charge in [-0.1, -0.05) is 18.2 Å². The molecule has 12 heteroatoms. The van der Waals surface area contributed by atoms with Gasteiger partial charge in [-0.15, -0.1) is 0 Å². The van der Waals surface area contributed by atoms with E-state index in [-0.39, 0.29) is 28.9 Å². The van der Waals surface area contributed by atoms with E-state index in [2.05, 4.69) is 15.0 Å². The summed E-state index contributed by atoms with van der Waals surface area (Å²) in [6.45, 7) is 1.64. The Balaban J connectivity index is 1.56. The molecule has 0 spiro atoms. The zero-order chi connectivity index (χ0) is 27.3. The van der Waals surface area contributed by atoms with Gasteiger partial charge in [0, 0.05) is 42.8 Å².